The summed E-state index contributed by atoms with van der Waals surface area (Å²) < 4.78 is 23.7. The van der Waals surface area contributed by atoms with Crippen LogP contribution in [0.2, 0.25) is 0 Å². The number of rotatable bonds is 6. The van der Waals surface area contributed by atoms with E-state index in [4.69, 9.17) is 9.47 Å². The Kier molecular flexibility index (Phi) is 7.74. The second-order valence-corrected chi connectivity index (χ2v) is 7.28. The molecular weight excluding hydrogens is 393 g/mol. The van der Waals surface area contributed by atoms with Gasteiger partial charge in [-0.15, -0.1) is 0 Å². The summed E-state index contributed by atoms with van der Waals surface area (Å²) in [6.07, 6.45) is -1.53. The summed E-state index contributed by atoms with van der Waals surface area (Å²) in [5.41, 5.74) is 0.239. The highest BCUT2D eigenvalue weighted by atomic mass is 19.1. The molecule has 0 spiro atoms. The molecule has 3 amide bonds. The predicted octanol–water partition coefficient (Wildman–Crippen LogP) is 4.04. The summed E-state index contributed by atoms with van der Waals surface area (Å²) in [5.74, 6) is -1.25. The Morgan fingerprint density at radius 2 is 1.63 bits per heavy atom. The van der Waals surface area contributed by atoms with Crippen LogP contribution < -0.4 is 16.0 Å². The van der Waals surface area contributed by atoms with Gasteiger partial charge in [0.2, 0.25) is 5.91 Å². The number of alkyl carbamates (subject to hydrolysis) is 1. The maximum absolute atomic E-state index is 13.6. The Bertz CT molecular complexity index is 897. The minimum absolute atomic E-state index is 0.0188. The third-order valence-corrected chi connectivity index (χ3v) is 3.50. The highest BCUT2D eigenvalue weighted by Crippen LogP contribution is 2.23. The average molecular weight is 417 g/mol. The molecule has 30 heavy (non-hydrogen) atoms. The number of benzene rings is 2. The molecule has 0 saturated carbocycles. The normalized spacial score (nSPS) is 10.7. The molecule has 0 bridgehead atoms. The molecule has 0 aliphatic heterocycles. The average Bonchev–Trinajstić information content (AvgIpc) is 2.66. The van der Waals surface area contributed by atoms with E-state index in [0.717, 1.165) is 17.7 Å². The Hall–Kier alpha value is -3.62. The van der Waals surface area contributed by atoms with Gasteiger partial charge in [-0.2, -0.15) is 0 Å². The molecule has 2 rings (SSSR count). The summed E-state index contributed by atoms with van der Waals surface area (Å²) in [4.78, 5) is 35.8. The van der Waals surface area contributed by atoms with Crippen LogP contribution in [0.4, 0.5) is 25.4 Å². The van der Waals surface area contributed by atoms with Gasteiger partial charge in [0.15, 0.2) is 0 Å². The van der Waals surface area contributed by atoms with Crippen LogP contribution in [-0.2, 0) is 20.9 Å². The molecule has 0 atom stereocenters. The van der Waals surface area contributed by atoms with Crippen LogP contribution in [0.3, 0.4) is 0 Å². The largest absolute Gasteiger partial charge is 0.445 e. The molecule has 0 aliphatic rings. The van der Waals surface area contributed by atoms with Crippen molar-refractivity contribution >= 4 is 29.5 Å². The van der Waals surface area contributed by atoms with Crippen molar-refractivity contribution in [3.8, 4) is 0 Å². The highest BCUT2D eigenvalue weighted by Gasteiger charge is 2.18. The molecule has 0 heterocycles. The lowest BCUT2D eigenvalue weighted by molar-refractivity contribution is -0.115. The predicted molar refractivity (Wildman–Crippen MR) is 110 cm³/mol. The first-order valence-corrected chi connectivity index (χ1v) is 9.16. The minimum Gasteiger partial charge on any atom is -0.445 e. The van der Waals surface area contributed by atoms with Crippen molar-refractivity contribution in [3.05, 3.63) is 59.9 Å². The van der Waals surface area contributed by atoms with Crippen LogP contribution in [0, 0.1) is 5.82 Å². The Labute approximate surface area is 173 Å². The van der Waals surface area contributed by atoms with Gasteiger partial charge in [0.25, 0.3) is 0 Å². The van der Waals surface area contributed by atoms with Crippen molar-refractivity contribution in [3.63, 3.8) is 0 Å². The van der Waals surface area contributed by atoms with Crippen molar-refractivity contribution in [1.29, 1.82) is 0 Å². The summed E-state index contributed by atoms with van der Waals surface area (Å²) in [5, 5.41) is 7.18. The molecule has 0 aromatic heterocycles. The fourth-order valence-corrected chi connectivity index (χ4v) is 2.26. The zero-order valence-corrected chi connectivity index (χ0v) is 17.0. The standard InChI is InChI=1S/C21H24FN3O5/c1-21(2,3)30-20(28)25-16-10-9-15(22)11-17(16)24-18(26)12-23-19(27)29-13-14-7-5-4-6-8-14/h4-11H,12-13H2,1-3H3,(H,23,27)(H,24,26)(H,25,28). The number of carbonyl (C=O) groups is 3. The molecule has 2 aromatic carbocycles. The van der Waals surface area contributed by atoms with Crippen molar-refractivity contribution < 1.29 is 28.2 Å². The lowest BCUT2D eigenvalue weighted by Crippen LogP contribution is -2.33. The van der Waals surface area contributed by atoms with Crippen molar-refractivity contribution in [2.45, 2.75) is 33.0 Å². The number of hydrogen-bond acceptors (Lipinski definition) is 5. The molecule has 0 aliphatic carbocycles. The third-order valence-electron chi connectivity index (χ3n) is 3.50. The molecule has 3 N–H and O–H groups in total. The van der Waals surface area contributed by atoms with Gasteiger partial charge in [0.1, 0.15) is 24.6 Å². The molecule has 0 radical (unpaired) electrons. The van der Waals surface area contributed by atoms with E-state index < -0.39 is 36.1 Å². The first-order valence-electron chi connectivity index (χ1n) is 9.16. The van der Waals surface area contributed by atoms with E-state index in [9.17, 15) is 18.8 Å². The van der Waals surface area contributed by atoms with Crippen LogP contribution in [0.5, 0.6) is 0 Å². The van der Waals surface area contributed by atoms with Crippen LogP contribution in [0.15, 0.2) is 48.5 Å². The van der Waals surface area contributed by atoms with E-state index in [-0.39, 0.29) is 18.0 Å². The Morgan fingerprint density at radius 3 is 2.30 bits per heavy atom. The van der Waals surface area contributed by atoms with Crippen LogP contribution in [-0.4, -0.2) is 30.2 Å². The zero-order chi connectivity index (χ0) is 22.1. The summed E-state index contributed by atoms with van der Waals surface area (Å²) >= 11 is 0. The smallest absolute Gasteiger partial charge is 0.412 e. The van der Waals surface area contributed by atoms with Gasteiger partial charge in [-0.05, 0) is 44.5 Å². The second kappa shape index (κ2) is 10.2. The van der Waals surface area contributed by atoms with Crippen molar-refractivity contribution in [2.24, 2.45) is 0 Å². The lowest BCUT2D eigenvalue weighted by atomic mass is 10.2. The van der Waals surface area contributed by atoms with Gasteiger partial charge in [0, 0.05) is 0 Å². The first kappa shape index (κ1) is 22.7. The SMILES string of the molecule is CC(C)(C)OC(=O)Nc1ccc(F)cc1NC(=O)CNC(=O)OCc1ccccc1. The van der Waals surface area contributed by atoms with E-state index >= 15 is 0 Å². The Balaban J connectivity index is 1.88. The minimum atomic E-state index is -0.777. The van der Waals surface area contributed by atoms with E-state index in [1.54, 1.807) is 32.9 Å². The van der Waals surface area contributed by atoms with E-state index in [1.807, 2.05) is 18.2 Å². The molecule has 0 fully saturated rings. The lowest BCUT2D eigenvalue weighted by Gasteiger charge is -2.20. The van der Waals surface area contributed by atoms with Crippen LogP contribution in [0.25, 0.3) is 0 Å². The zero-order valence-electron chi connectivity index (χ0n) is 17.0. The first-order chi connectivity index (χ1) is 14.1. The molecule has 160 valence electrons. The number of ether oxygens (including phenoxy) is 2. The fourth-order valence-electron chi connectivity index (χ4n) is 2.26. The number of halogens is 1. The topological polar surface area (TPSA) is 106 Å². The number of anilines is 2. The van der Waals surface area contributed by atoms with Gasteiger partial charge >= 0.3 is 12.2 Å². The summed E-state index contributed by atoms with van der Waals surface area (Å²) in [6.45, 7) is 4.74. The molecular formula is C21H24FN3O5. The van der Waals surface area contributed by atoms with Gasteiger partial charge in [-0.3, -0.25) is 10.1 Å². The van der Waals surface area contributed by atoms with Gasteiger partial charge < -0.3 is 20.1 Å². The summed E-state index contributed by atoms with van der Waals surface area (Å²) in [6, 6.07) is 12.5. The number of carbonyl (C=O) groups excluding carboxylic acids is 3. The maximum Gasteiger partial charge on any atom is 0.412 e. The number of amides is 3. The van der Waals surface area contributed by atoms with Gasteiger partial charge in [0.05, 0.1) is 11.4 Å². The number of hydrogen-bond donors (Lipinski definition) is 3. The van der Waals surface area contributed by atoms with E-state index in [1.165, 1.54) is 6.07 Å². The van der Waals surface area contributed by atoms with E-state index in [2.05, 4.69) is 16.0 Å². The van der Waals surface area contributed by atoms with Crippen LogP contribution in [0.1, 0.15) is 26.3 Å². The molecule has 9 heteroatoms. The molecule has 0 unspecified atom stereocenters. The van der Waals surface area contributed by atoms with Gasteiger partial charge in [-0.25, -0.2) is 14.0 Å². The molecule has 8 nitrogen and oxygen atoms in total. The monoisotopic (exact) mass is 417 g/mol. The third kappa shape index (κ3) is 8.17. The molecule has 2 aromatic rings. The van der Waals surface area contributed by atoms with E-state index in [0.29, 0.717) is 0 Å². The molecule has 0 saturated heterocycles. The second-order valence-electron chi connectivity index (χ2n) is 7.28. The van der Waals surface area contributed by atoms with Crippen molar-refractivity contribution in [2.75, 3.05) is 17.2 Å². The summed E-state index contributed by atoms with van der Waals surface area (Å²) in [7, 11) is 0. The number of nitrogens with one attached hydrogen (secondary N) is 3. The Morgan fingerprint density at radius 1 is 0.933 bits per heavy atom. The van der Waals surface area contributed by atoms with Crippen molar-refractivity contribution in [1.82, 2.24) is 5.32 Å². The van der Waals surface area contributed by atoms with Crippen LogP contribution >= 0.6 is 0 Å². The van der Waals surface area contributed by atoms with Gasteiger partial charge in [-0.1, -0.05) is 30.3 Å². The quantitative estimate of drug-likeness (QED) is 0.658. The highest BCUT2D eigenvalue weighted by molar-refractivity contribution is 5.99. The fraction of sp³-hybridized carbons (Fsp3) is 0.286. The maximum atomic E-state index is 13.6.